The normalized spacial score (nSPS) is 10.8. The van der Waals surface area contributed by atoms with Crippen molar-refractivity contribution in [2.45, 2.75) is 13.5 Å². The van der Waals surface area contributed by atoms with Gasteiger partial charge in [0.25, 0.3) is 5.78 Å². The predicted octanol–water partition coefficient (Wildman–Crippen LogP) is 1.46. The van der Waals surface area contributed by atoms with Gasteiger partial charge in [-0.15, -0.1) is 0 Å². The molecule has 3 aromatic heterocycles. The summed E-state index contributed by atoms with van der Waals surface area (Å²) in [5, 5.41) is 4.21. The number of aryl methyl sites for hydroxylation is 1. The smallest absolute Gasteiger partial charge is 0.254 e. The van der Waals surface area contributed by atoms with Crippen LogP contribution in [0.5, 0.6) is 0 Å². The first-order valence-corrected chi connectivity index (χ1v) is 6.01. The molecule has 3 aromatic rings. The van der Waals surface area contributed by atoms with Crippen molar-refractivity contribution in [1.29, 1.82) is 0 Å². The topological polar surface area (TPSA) is 59.2 Å². The molecule has 0 unspecified atom stereocenters. The minimum atomic E-state index is 0.619. The van der Waals surface area contributed by atoms with Gasteiger partial charge in [-0.2, -0.15) is 14.6 Å². The maximum atomic E-state index is 4.34. The fraction of sp³-hybridized carbons (Fsp3) is 0.231. The molecule has 0 aliphatic heterocycles. The molecule has 96 valence electrons. The molecular formula is C13H14N6. The minimum absolute atomic E-state index is 0.619. The number of pyridine rings is 1. The molecular weight excluding hydrogens is 240 g/mol. The van der Waals surface area contributed by atoms with Crippen LogP contribution in [0.2, 0.25) is 0 Å². The summed E-state index contributed by atoms with van der Waals surface area (Å²) < 4.78 is 1.74. The van der Waals surface area contributed by atoms with E-state index in [1.54, 1.807) is 10.7 Å². The summed E-state index contributed by atoms with van der Waals surface area (Å²) in [5.74, 6) is 1.58. The van der Waals surface area contributed by atoms with Crippen molar-refractivity contribution in [3.8, 4) is 0 Å². The quantitative estimate of drug-likeness (QED) is 0.708. The monoisotopic (exact) mass is 254 g/mol. The molecule has 0 atom stereocenters. The summed E-state index contributed by atoms with van der Waals surface area (Å²) in [6.45, 7) is 2.71. The van der Waals surface area contributed by atoms with E-state index in [1.807, 2.05) is 32.3 Å². The van der Waals surface area contributed by atoms with E-state index in [-0.39, 0.29) is 0 Å². The summed E-state index contributed by atoms with van der Waals surface area (Å²) in [7, 11) is 2.02. The van der Waals surface area contributed by atoms with Crippen LogP contribution in [0, 0.1) is 6.92 Å². The van der Waals surface area contributed by atoms with Gasteiger partial charge in [0.2, 0.25) is 0 Å². The first-order valence-electron chi connectivity index (χ1n) is 6.01. The molecule has 0 radical (unpaired) electrons. The highest BCUT2D eigenvalue weighted by Gasteiger charge is 2.10. The van der Waals surface area contributed by atoms with Gasteiger partial charge in [-0.05, 0) is 18.6 Å². The number of anilines is 1. The maximum absolute atomic E-state index is 4.34. The van der Waals surface area contributed by atoms with Gasteiger partial charge >= 0.3 is 0 Å². The molecule has 0 bridgehead atoms. The first-order chi connectivity index (χ1) is 9.24. The van der Waals surface area contributed by atoms with Gasteiger partial charge in [0.05, 0.1) is 0 Å². The molecule has 0 aliphatic rings. The Kier molecular flexibility index (Phi) is 2.83. The molecule has 0 amide bonds. The molecule has 0 aromatic carbocycles. The lowest BCUT2D eigenvalue weighted by atomic mass is 10.2. The van der Waals surface area contributed by atoms with E-state index >= 15 is 0 Å². The minimum Gasteiger partial charge on any atom is -0.355 e. The Bertz CT molecular complexity index is 691. The lowest BCUT2D eigenvalue weighted by Crippen LogP contribution is -2.20. The van der Waals surface area contributed by atoms with Crippen LogP contribution in [0.1, 0.15) is 11.3 Å². The Balaban J connectivity index is 1.97. The molecule has 0 fully saturated rings. The third kappa shape index (κ3) is 2.24. The SMILES string of the molecule is Cc1cc(N(C)Cc2cccnc2)n2ncnc2n1. The Morgan fingerprint density at radius 3 is 3.05 bits per heavy atom. The molecule has 0 aliphatic carbocycles. The number of nitrogens with zero attached hydrogens (tertiary/aromatic N) is 6. The number of aromatic nitrogens is 5. The van der Waals surface area contributed by atoms with Crippen LogP contribution >= 0.6 is 0 Å². The van der Waals surface area contributed by atoms with Crippen LogP contribution in [-0.4, -0.2) is 31.6 Å². The van der Waals surface area contributed by atoms with Gasteiger partial charge in [-0.25, -0.2) is 4.98 Å². The number of hydrogen-bond acceptors (Lipinski definition) is 5. The third-order valence-corrected chi connectivity index (χ3v) is 2.89. The second-order valence-electron chi connectivity index (χ2n) is 4.44. The number of rotatable bonds is 3. The Labute approximate surface area is 110 Å². The van der Waals surface area contributed by atoms with Crippen LogP contribution in [0.25, 0.3) is 5.78 Å². The van der Waals surface area contributed by atoms with Gasteiger partial charge in [0.15, 0.2) is 0 Å². The number of fused-ring (bicyclic) bond motifs is 1. The van der Waals surface area contributed by atoms with E-state index in [4.69, 9.17) is 0 Å². The van der Waals surface area contributed by atoms with Crippen molar-refractivity contribution in [3.63, 3.8) is 0 Å². The van der Waals surface area contributed by atoms with Crippen molar-refractivity contribution in [2.24, 2.45) is 0 Å². The second kappa shape index (κ2) is 4.64. The lowest BCUT2D eigenvalue weighted by molar-refractivity contribution is 0.825. The summed E-state index contributed by atoms with van der Waals surface area (Å²) in [4.78, 5) is 14.7. The third-order valence-electron chi connectivity index (χ3n) is 2.89. The molecule has 6 heteroatoms. The van der Waals surface area contributed by atoms with Crippen LogP contribution in [0.3, 0.4) is 0 Å². The molecule has 0 N–H and O–H groups in total. The summed E-state index contributed by atoms with van der Waals surface area (Å²) in [6, 6.07) is 5.99. The van der Waals surface area contributed by atoms with E-state index < -0.39 is 0 Å². The first kappa shape index (κ1) is 11.6. The summed E-state index contributed by atoms with van der Waals surface area (Å²) >= 11 is 0. The molecule has 0 saturated carbocycles. The van der Waals surface area contributed by atoms with Crippen molar-refractivity contribution in [2.75, 3.05) is 11.9 Å². The van der Waals surface area contributed by atoms with E-state index in [9.17, 15) is 0 Å². The van der Waals surface area contributed by atoms with E-state index in [0.29, 0.717) is 5.78 Å². The zero-order valence-corrected chi connectivity index (χ0v) is 10.9. The van der Waals surface area contributed by atoms with Gasteiger partial charge in [0.1, 0.15) is 12.1 Å². The highest BCUT2D eigenvalue weighted by Crippen LogP contribution is 2.16. The van der Waals surface area contributed by atoms with E-state index in [1.165, 1.54) is 6.33 Å². The second-order valence-corrected chi connectivity index (χ2v) is 4.44. The largest absolute Gasteiger partial charge is 0.355 e. The van der Waals surface area contributed by atoms with Crippen molar-refractivity contribution in [3.05, 3.63) is 48.2 Å². The Hall–Kier alpha value is -2.50. The molecule has 3 rings (SSSR count). The van der Waals surface area contributed by atoms with Crippen molar-refractivity contribution >= 4 is 11.6 Å². The van der Waals surface area contributed by atoms with E-state index in [2.05, 4.69) is 31.0 Å². The van der Waals surface area contributed by atoms with Crippen LogP contribution in [-0.2, 0) is 6.54 Å². The molecule has 6 nitrogen and oxygen atoms in total. The van der Waals surface area contributed by atoms with E-state index in [0.717, 1.165) is 23.6 Å². The zero-order chi connectivity index (χ0) is 13.2. The van der Waals surface area contributed by atoms with Gasteiger partial charge < -0.3 is 4.90 Å². The molecule has 0 spiro atoms. The molecule has 0 saturated heterocycles. The fourth-order valence-electron chi connectivity index (χ4n) is 2.03. The van der Waals surface area contributed by atoms with Crippen LogP contribution in [0.15, 0.2) is 36.9 Å². The highest BCUT2D eigenvalue weighted by atomic mass is 15.4. The summed E-state index contributed by atoms with van der Waals surface area (Å²) in [6.07, 6.45) is 5.15. The summed E-state index contributed by atoms with van der Waals surface area (Å²) in [5.41, 5.74) is 2.07. The molecule has 3 heterocycles. The van der Waals surface area contributed by atoms with Crippen molar-refractivity contribution < 1.29 is 0 Å². The van der Waals surface area contributed by atoms with Gasteiger partial charge in [-0.3, -0.25) is 4.98 Å². The zero-order valence-electron chi connectivity index (χ0n) is 10.9. The van der Waals surface area contributed by atoms with Crippen LogP contribution < -0.4 is 4.90 Å². The van der Waals surface area contributed by atoms with Crippen molar-refractivity contribution in [1.82, 2.24) is 24.6 Å². The lowest BCUT2D eigenvalue weighted by Gasteiger charge is -2.19. The Morgan fingerprint density at radius 1 is 1.37 bits per heavy atom. The average molecular weight is 254 g/mol. The van der Waals surface area contributed by atoms with Crippen LogP contribution in [0.4, 0.5) is 5.82 Å². The van der Waals surface area contributed by atoms with Gasteiger partial charge in [-0.1, -0.05) is 6.07 Å². The molecule has 19 heavy (non-hydrogen) atoms. The predicted molar refractivity (Wildman–Crippen MR) is 71.9 cm³/mol. The Morgan fingerprint density at radius 2 is 2.26 bits per heavy atom. The average Bonchev–Trinajstić information content (AvgIpc) is 2.86. The number of hydrogen-bond donors (Lipinski definition) is 0. The highest BCUT2D eigenvalue weighted by molar-refractivity contribution is 5.46. The maximum Gasteiger partial charge on any atom is 0.254 e. The van der Waals surface area contributed by atoms with Gasteiger partial charge in [0, 0.05) is 37.7 Å². The standard InChI is InChI=1S/C13H14N6/c1-10-6-12(19-13(17-10)15-9-16-19)18(2)8-11-4-3-5-14-7-11/h3-7,9H,8H2,1-2H3. The fourth-order valence-corrected chi connectivity index (χ4v) is 2.03.